The third kappa shape index (κ3) is 5.44. The molecule has 0 spiro atoms. The lowest BCUT2D eigenvalue weighted by molar-refractivity contribution is 0.120. The minimum absolute atomic E-state index is 0.186. The summed E-state index contributed by atoms with van der Waals surface area (Å²) in [5.41, 5.74) is 6.06. The van der Waals surface area contributed by atoms with Crippen LogP contribution >= 0.6 is 15.9 Å². The van der Waals surface area contributed by atoms with Crippen LogP contribution in [-0.4, -0.2) is 42.8 Å². The van der Waals surface area contributed by atoms with Gasteiger partial charge in [-0.05, 0) is 50.2 Å². The monoisotopic (exact) mass is 318 g/mol. The van der Waals surface area contributed by atoms with Crippen LogP contribution in [0.4, 0.5) is 4.39 Å². The van der Waals surface area contributed by atoms with Crippen molar-refractivity contribution >= 4 is 15.9 Å². The number of aliphatic hydroxyl groups is 1. The van der Waals surface area contributed by atoms with Crippen molar-refractivity contribution in [2.45, 2.75) is 18.9 Å². The Kier molecular flexibility index (Phi) is 6.78. The van der Waals surface area contributed by atoms with Crippen LogP contribution in [0, 0.1) is 5.82 Å². The molecule has 1 aromatic rings. The molecule has 5 heteroatoms. The maximum Gasteiger partial charge on any atom is 0.126 e. The van der Waals surface area contributed by atoms with Crippen LogP contribution in [-0.2, 0) is 6.42 Å². The Morgan fingerprint density at radius 2 is 2.22 bits per heavy atom. The van der Waals surface area contributed by atoms with Crippen LogP contribution in [0.2, 0.25) is 0 Å². The molecule has 1 aromatic carbocycles. The van der Waals surface area contributed by atoms with Gasteiger partial charge in [0, 0.05) is 17.6 Å². The van der Waals surface area contributed by atoms with E-state index in [0.29, 0.717) is 38.0 Å². The molecule has 0 saturated carbocycles. The number of nitrogens with zero attached hydrogens (tertiary/aromatic N) is 1. The lowest BCUT2D eigenvalue weighted by atomic mass is 10.1. The first-order chi connectivity index (χ1) is 8.52. The summed E-state index contributed by atoms with van der Waals surface area (Å²) in [4.78, 5) is 1.99. The lowest BCUT2D eigenvalue weighted by Gasteiger charge is -2.20. The molecule has 3 nitrogen and oxygen atoms in total. The number of rotatable bonds is 7. The molecule has 0 heterocycles. The van der Waals surface area contributed by atoms with E-state index >= 15 is 0 Å². The second kappa shape index (κ2) is 7.84. The summed E-state index contributed by atoms with van der Waals surface area (Å²) in [6.07, 6.45) is 0.805. The van der Waals surface area contributed by atoms with Crippen LogP contribution in [0.3, 0.4) is 0 Å². The van der Waals surface area contributed by atoms with Crippen molar-refractivity contribution in [1.29, 1.82) is 0 Å². The minimum Gasteiger partial charge on any atom is -0.392 e. The number of benzene rings is 1. The Hall–Kier alpha value is -0.490. The average molecular weight is 319 g/mol. The topological polar surface area (TPSA) is 49.5 Å². The van der Waals surface area contributed by atoms with Gasteiger partial charge in [-0.15, -0.1) is 0 Å². The van der Waals surface area contributed by atoms with Crippen molar-refractivity contribution in [3.8, 4) is 0 Å². The van der Waals surface area contributed by atoms with Crippen molar-refractivity contribution in [3.05, 3.63) is 34.1 Å². The summed E-state index contributed by atoms with van der Waals surface area (Å²) < 4.78 is 14.4. The van der Waals surface area contributed by atoms with Crippen LogP contribution in [0.15, 0.2) is 22.7 Å². The third-order valence-electron chi connectivity index (χ3n) is 2.79. The zero-order valence-corrected chi connectivity index (χ0v) is 12.2. The molecule has 1 unspecified atom stereocenters. The summed E-state index contributed by atoms with van der Waals surface area (Å²) in [5.74, 6) is -0.186. The lowest BCUT2D eigenvalue weighted by Crippen LogP contribution is -2.32. The van der Waals surface area contributed by atoms with Gasteiger partial charge in [0.25, 0.3) is 0 Å². The minimum atomic E-state index is -0.410. The van der Waals surface area contributed by atoms with E-state index in [1.54, 1.807) is 12.1 Å². The summed E-state index contributed by atoms with van der Waals surface area (Å²) >= 11 is 3.33. The van der Waals surface area contributed by atoms with E-state index in [1.165, 1.54) is 6.07 Å². The molecule has 3 N–H and O–H groups in total. The van der Waals surface area contributed by atoms with Crippen molar-refractivity contribution in [2.24, 2.45) is 5.73 Å². The van der Waals surface area contributed by atoms with Crippen LogP contribution in [0.1, 0.15) is 12.0 Å². The fourth-order valence-corrected chi connectivity index (χ4v) is 2.19. The first-order valence-electron chi connectivity index (χ1n) is 6.03. The van der Waals surface area contributed by atoms with Crippen molar-refractivity contribution < 1.29 is 9.50 Å². The van der Waals surface area contributed by atoms with Crippen LogP contribution in [0.25, 0.3) is 0 Å². The Labute approximate surface area is 116 Å². The quantitative estimate of drug-likeness (QED) is 0.805. The molecule has 0 amide bonds. The van der Waals surface area contributed by atoms with Crippen LogP contribution in [0.5, 0.6) is 0 Å². The predicted molar refractivity (Wildman–Crippen MR) is 75.0 cm³/mol. The van der Waals surface area contributed by atoms with E-state index in [0.717, 1.165) is 4.47 Å². The molecule has 0 radical (unpaired) electrons. The van der Waals surface area contributed by atoms with Gasteiger partial charge in [0.05, 0.1) is 6.10 Å². The van der Waals surface area contributed by atoms with Crippen molar-refractivity contribution in [1.82, 2.24) is 4.90 Å². The summed E-state index contributed by atoms with van der Waals surface area (Å²) in [6.45, 7) is 1.75. The molecular formula is C13H20BrFN2O. The molecule has 102 valence electrons. The largest absolute Gasteiger partial charge is 0.392 e. The van der Waals surface area contributed by atoms with E-state index in [9.17, 15) is 9.50 Å². The van der Waals surface area contributed by atoms with E-state index in [4.69, 9.17) is 5.73 Å². The van der Waals surface area contributed by atoms with Crippen molar-refractivity contribution in [2.75, 3.05) is 26.7 Å². The molecule has 0 aliphatic carbocycles. The molecule has 0 fully saturated rings. The molecule has 18 heavy (non-hydrogen) atoms. The Morgan fingerprint density at radius 1 is 1.50 bits per heavy atom. The van der Waals surface area contributed by atoms with Gasteiger partial charge >= 0.3 is 0 Å². The smallest absolute Gasteiger partial charge is 0.126 e. The Bertz CT molecular complexity index is 376. The third-order valence-corrected chi connectivity index (χ3v) is 3.29. The first kappa shape index (κ1) is 15.6. The highest BCUT2D eigenvalue weighted by Gasteiger charge is 2.09. The number of hydrogen-bond donors (Lipinski definition) is 2. The van der Waals surface area contributed by atoms with Gasteiger partial charge < -0.3 is 15.7 Å². The number of aliphatic hydroxyl groups excluding tert-OH is 1. The second-order valence-electron chi connectivity index (χ2n) is 4.48. The van der Waals surface area contributed by atoms with E-state index in [-0.39, 0.29) is 5.82 Å². The fraction of sp³-hybridized carbons (Fsp3) is 0.538. The number of halogens is 2. The molecule has 0 aliphatic rings. The van der Waals surface area contributed by atoms with Gasteiger partial charge in [0.1, 0.15) is 5.82 Å². The molecule has 1 atom stereocenters. The molecule has 0 bridgehead atoms. The van der Waals surface area contributed by atoms with Crippen molar-refractivity contribution in [3.63, 3.8) is 0 Å². The van der Waals surface area contributed by atoms with Gasteiger partial charge in [-0.1, -0.05) is 15.9 Å². The number of hydrogen-bond acceptors (Lipinski definition) is 3. The molecule has 0 saturated heterocycles. The Morgan fingerprint density at radius 3 is 2.89 bits per heavy atom. The maximum absolute atomic E-state index is 13.5. The SMILES string of the molecule is CN(CCc1cc(Br)ccc1F)CC(O)CCN. The molecule has 0 aliphatic heterocycles. The summed E-state index contributed by atoms with van der Waals surface area (Å²) in [7, 11) is 1.91. The number of nitrogens with two attached hydrogens (primary N) is 1. The van der Waals surface area contributed by atoms with Gasteiger partial charge in [-0.3, -0.25) is 0 Å². The highest BCUT2D eigenvalue weighted by Crippen LogP contribution is 2.16. The van der Waals surface area contributed by atoms with E-state index in [2.05, 4.69) is 15.9 Å². The highest BCUT2D eigenvalue weighted by atomic mass is 79.9. The molecular weight excluding hydrogens is 299 g/mol. The van der Waals surface area contributed by atoms with Gasteiger partial charge in [0.15, 0.2) is 0 Å². The molecule has 0 aromatic heterocycles. The number of likely N-dealkylation sites (N-methyl/N-ethyl adjacent to an activating group) is 1. The van der Waals surface area contributed by atoms with Gasteiger partial charge in [0.2, 0.25) is 0 Å². The molecule has 1 rings (SSSR count). The highest BCUT2D eigenvalue weighted by molar-refractivity contribution is 9.10. The second-order valence-corrected chi connectivity index (χ2v) is 5.39. The first-order valence-corrected chi connectivity index (χ1v) is 6.83. The van der Waals surface area contributed by atoms with Gasteiger partial charge in [-0.25, -0.2) is 4.39 Å². The van der Waals surface area contributed by atoms with E-state index in [1.807, 2.05) is 11.9 Å². The maximum atomic E-state index is 13.5. The standard InChI is InChI=1S/C13H20BrFN2O/c1-17(9-12(18)4-6-16)7-5-10-8-11(14)2-3-13(10)15/h2-3,8,12,18H,4-7,9,16H2,1H3. The predicted octanol–water partition coefficient (Wildman–Crippen LogP) is 1.77. The average Bonchev–Trinajstić information content (AvgIpc) is 2.30. The summed E-state index contributed by atoms with van der Waals surface area (Å²) in [5, 5.41) is 9.61. The Balaban J connectivity index is 2.42. The van der Waals surface area contributed by atoms with E-state index < -0.39 is 6.10 Å². The normalized spacial score (nSPS) is 13.0. The van der Waals surface area contributed by atoms with Crippen LogP contribution < -0.4 is 5.73 Å². The zero-order valence-electron chi connectivity index (χ0n) is 10.6. The van der Waals surface area contributed by atoms with Gasteiger partial charge in [-0.2, -0.15) is 0 Å². The fourth-order valence-electron chi connectivity index (χ4n) is 1.78. The summed E-state index contributed by atoms with van der Waals surface area (Å²) in [6, 6.07) is 4.94. The zero-order chi connectivity index (χ0) is 13.5.